The number of halogens is 3. The maximum absolute atomic E-state index is 15.1. The van der Waals surface area contributed by atoms with Crippen molar-refractivity contribution in [3.8, 4) is 5.75 Å². The van der Waals surface area contributed by atoms with E-state index in [4.69, 9.17) is 11.3 Å². The van der Waals surface area contributed by atoms with E-state index >= 15 is 8.78 Å². The Morgan fingerprint density at radius 2 is 1.73 bits per heavy atom. The Balaban J connectivity index is 1.08. The van der Waals surface area contributed by atoms with E-state index < -0.39 is 36.0 Å². The number of rotatable bonds is 7. The number of imide groups is 1. The first kappa shape index (κ1) is 29.6. The van der Waals surface area contributed by atoms with Gasteiger partial charge in [-0.25, -0.2) is 18.0 Å². The van der Waals surface area contributed by atoms with Gasteiger partial charge in [0.1, 0.15) is 35.8 Å². The van der Waals surface area contributed by atoms with Crippen LogP contribution in [0.15, 0.2) is 53.4 Å². The van der Waals surface area contributed by atoms with Gasteiger partial charge in [0.15, 0.2) is 5.69 Å². The highest BCUT2D eigenvalue weighted by molar-refractivity contribution is 8.00. The summed E-state index contributed by atoms with van der Waals surface area (Å²) in [6.07, 6.45) is 1.73. The summed E-state index contributed by atoms with van der Waals surface area (Å²) in [6, 6.07) is 11.0. The van der Waals surface area contributed by atoms with Crippen LogP contribution in [0.3, 0.4) is 0 Å². The van der Waals surface area contributed by atoms with Crippen LogP contribution in [0.4, 0.5) is 24.5 Å². The van der Waals surface area contributed by atoms with Gasteiger partial charge in [-0.1, -0.05) is 12.1 Å². The molecule has 8 nitrogen and oxygen atoms in total. The molecule has 2 fully saturated rings. The molecule has 3 aromatic rings. The number of amides is 3. The van der Waals surface area contributed by atoms with Crippen LogP contribution in [0.2, 0.25) is 0 Å². The third kappa shape index (κ3) is 5.84. The summed E-state index contributed by atoms with van der Waals surface area (Å²) in [5, 5.41) is 2.35. The summed E-state index contributed by atoms with van der Waals surface area (Å²) in [7, 11) is 0. The summed E-state index contributed by atoms with van der Waals surface area (Å²) in [5.74, 6) is -2.93. The van der Waals surface area contributed by atoms with Crippen molar-refractivity contribution in [3.63, 3.8) is 0 Å². The van der Waals surface area contributed by atoms with E-state index in [-0.39, 0.29) is 53.5 Å². The first-order valence-electron chi connectivity index (χ1n) is 14.2. The zero-order chi connectivity index (χ0) is 31.0. The highest BCUT2D eigenvalue weighted by Gasteiger charge is 2.40. The summed E-state index contributed by atoms with van der Waals surface area (Å²) < 4.78 is 50.5. The number of ether oxygens (including phenoxy) is 1. The molecule has 3 amide bonds. The van der Waals surface area contributed by atoms with Crippen LogP contribution >= 0.6 is 11.8 Å². The van der Waals surface area contributed by atoms with Crippen molar-refractivity contribution in [2.75, 3.05) is 18.0 Å². The normalized spacial score (nSPS) is 18.7. The number of anilines is 1. The van der Waals surface area contributed by atoms with Crippen LogP contribution in [-0.2, 0) is 22.7 Å². The maximum Gasteiger partial charge on any atom is 0.255 e. The van der Waals surface area contributed by atoms with Crippen LogP contribution in [0.25, 0.3) is 4.85 Å². The van der Waals surface area contributed by atoms with Gasteiger partial charge in [-0.2, -0.15) is 0 Å². The van der Waals surface area contributed by atoms with Crippen molar-refractivity contribution in [2.24, 2.45) is 0 Å². The molecule has 0 unspecified atom stereocenters. The number of benzene rings is 3. The zero-order valence-electron chi connectivity index (χ0n) is 23.4. The molecular formula is C32H27F3N4O4S. The third-order valence-electron chi connectivity index (χ3n) is 8.17. The number of fused-ring (bicyclic) bond motifs is 1. The Morgan fingerprint density at radius 3 is 2.41 bits per heavy atom. The van der Waals surface area contributed by atoms with E-state index in [0.717, 1.165) is 0 Å². The van der Waals surface area contributed by atoms with Gasteiger partial charge in [0, 0.05) is 40.8 Å². The van der Waals surface area contributed by atoms with Crippen LogP contribution < -0.4 is 15.0 Å². The molecule has 0 spiro atoms. The monoisotopic (exact) mass is 620 g/mol. The van der Waals surface area contributed by atoms with Gasteiger partial charge in [-0.05, 0) is 55.7 Å². The van der Waals surface area contributed by atoms with Crippen LogP contribution in [0, 0.1) is 24.0 Å². The number of carbonyl (C=O) groups is 3. The molecule has 3 aromatic carbocycles. The first-order valence-corrected chi connectivity index (χ1v) is 15.1. The number of hydrogen-bond acceptors (Lipinski definition) is 6. The first-order chi connectivity index (χ1) is 21.2. The summed E-state index contributed by atoms with van der Waals surface area (Å²) in [5.41, 5.74) is 1.30. The van der Waals surface area contributed by atoms with Crippen molar-refractivity contribution in [1.29, 1.82) is 0 Å². The van der Waals surface area contributed by atoms with Crippen LogP contribution in [0.5, 0.6) is 5.75 Å². The molecule has 0 radical (unpaired) electrons. The minimum absolute atomic E-state index is 0.0783. The molecule has 44 heavy (non-hydrogen) atoms. The largest absolute Gasteiger partial charge is 0.488 e. The summed E-state index contributed by atoms with van der Waals surface area (Å²) in [6.45, 7) is 7.86. The number of piperidine rings is 2. The lowest BCUT2D eigenvalue weighted by molar-refractivity contribution is -0.136. The van der Waals surface area contributed by atoms with E-state index in [1.165, 1.54) is 34.9 Å². The summed E-state index contributed by atoms with van der Waals surface area (Å²) in [4.78, 5) is 43.9. The molecule has 1 N–H and O–H groups in total. The SMILES string of the molecule is [C-]#[N+]c1ccc(N2CCC(Sc3cc(F)c(COc4cccc5c4CN([C@H]4CCC(=O)NC4=O)C5=O)c(F)c3)CC2)c(F)c1. The Kier molecular flexibility index (Phi) is 8.23. The zero-order valence-corrected chi connectivity index (χ0v) is 24.3. The van der Waals surface area contributed by atoms with Gasteiger partial charge in [0.05, 0.1) is 24.4 Å². The quantitative estimate of drug-likeness (QED) is 0.268. The lowest BCUT2D eigenvalue weighted by Crippen LogP contribution is -2.52. The second-order valence-electron chi connectivity index (χ2n) is 10.9. The fourth-order valence-electron chi connectivity index (χ4n) is 5.86. The number of thioether (sulfide) groups is 1. The molecule has 3 aliphatic heterocycles. The highest BCUT2D eigenvalue weighted by Crippen LogP contribution is 2.37. The second-order valence-corrected chi connectivity index (χ2v) is 12.3. The van der Waals surface area contributed by atoms with E-state index in [9.17, 15) is 18.8 Å². The average Bonchev–Trinajstić information content (AvgIpc) is 3.33. The molecule has 1 atom stereocenters. The molecule has 0 saturated carbocycles. The smallest absolute Gasteiger partial charge is 0.255 e. The molecule has 0 bridgehead atoms. The molecule has 6 rings (SSSR count). The van der Waals surface area contributed by atoms with Gasteiger partial charge < -0.3 is 14.5 Å². The minimum Gasteiger partial charge on any atom is -0.488 e. The van der Waals surface area contributed by atoms with E-state index in [1.807, 2.05) is 4.90 Å². The van der Waals surface area contributed by atoms with E-state index in [2.05, 4.69) is 10.2 Å². The molecule has 3 aliphatic rings. The topological polar surface area (TPSA) is 83.3 Å². The van der Waals surface area contributed by atoms with Gasteiger partial charge in [0.2, 0.25) is 11.8 Å². The van der Waals surface area contributed by atoms with Gasteiger partial charge >= 0.3 is 0 Å². The molecule has 2 saturated heterocycles. The number of nitrogens with zero attached hydrogens (tertiary/aromatic N) is 3. The average molecular weight is 621 g/mol. The Hall–Kier alpha value is -4.50. The molecule has 3 heterocycles. The Morgan fingerprint density at radius 1 is 0.977 bits per heavy atom. The Bertz CT molecular complexity index is 1680. The van der Waals surface area contributed by atoms with Crippen molar-refractivity contribution in [1.82, 2.24) is 10.2 Å². The predicted molar refractivity (Wildman–Crippen MR) is 157 cm³/mol. The molecule has 226 valence electrons. The van der Waals surface area contributed by atoms with Gasteiger partial charge in [0.25, 0.3) is 5.91 Å². The van der Waals surface area contributed by atoms with Crippen LogP contribution in [-0.4, -0.2) is 47.0 Å². The Labute approximate surface area is 256 Å². The molecule has 0 aromatic heterocycles. The number of nitrogens with one attached hydrogen (secondary N) is 1. The lowest BCUT2D eigenvalue weighted by atomic mass is 10.0. The fourth-order valence-corrected chi connectivity index (χ4v) is 7.03. The molecule has 12 heteroatoms. The number of carbonyl (C=O) groups excluding carboxylic acids is 3. The van der Waals surface area contributed by atoms with Crippen molar-refractivity contribution in [3.05, 3.63) is 94.1 Å². The minimum atomic E-state index is -0.786. The standard InChI is InChI=1S/C32H27F3N4O4S/c1-36-18-5-6-27(26(35)13-18)38-11-9-19(10-12-38)44-20-14-24(33)23(25(34)15-20)17-43-29-4-2-3-21-22(29)16-39(32(21)42)28-7-8-30(40)37-31(28)41/h2-6,13-15,19,28H,7-12,16-17H2,(H,37,40,41)/t28-/m0/s1. The van der Waals surface area contributed by atoms with E-state index in [0.29, 0.717) is 47.6 Å². The third-order valence-corrected chi connectivity index (χ3v) is 9.48. The van der Waals surface area contributed by atoms with Gasteiger partial charge in [-0.15, -0.1) is 11.8 Å². The summed E-state index contributed by atoms with van der Waals surface area (Å²) >= 11 is 1.38. The van der Waals surface area contributed by atoms with Crippen molar-refractivity contribution < 1.29 is 32.3 Å². The van der Waals surface area contributed by atoms with Crippen molar-refractivity contribution >= 4 is 40.9 Å². The highest BCUT2D eigenvalue weighted by atomic mass is 32.2. The van der Waals surface area contributed by atoms with Crippen LogP contribution in [0.1, 0.15) is 47.2 Å². The van der Waals surface area contributed by atoms with E-state index in [1.54, 1.807) is 30.3 Å². The fraction of sp³-hybridized carbons (Fsp3) is 0.312. The number of hydrogen-bond donors (Lipinski definition) is 1. The maximum atomic E-state index is 15.1. The second kappa shape index (κ2) is 12.2. The molecule has 0 aliphatic carbocycles. The predicted octanol–water partition coefficient (Wildman–Crippen LogP) is 5.76. The molecular weight excluding hydrogens is 593 g/mol. The van der Waals surface area contributed by atoms with Crippen molar-refractivity contribution in [2.45, 2.75) is 55.0 Å². The van der Waals surface area contributed by atoms with Gasteiger partial charge in [-0.3, -0.25) is 19.7 Å². The lowest BCUT2D eigenvalue weighted by Gasteiger charge is -2.33.